The average Bonchev–Trinajstić information content (AvgIpc) is 3.05. The zero-order valence-electron chi connectivity index (χ0n) is 18.4. The normalized spacial score (nSPS) is 25.2. The van der Waals surface area contributed by atoms with Crippen molar-refractivity contribution in [2.45, 2.75) is 51.1 Å². The molecule has 0 aliphatic carbocycles. The van der Waals surface area contributed by atoms with E-state index in [4.69, 9.17) is 0 Å². The van der Waals surface area contributed by atoms with E-state index in [2.05, 4.69) is 33.7 Å². The lowest BCUT2D eigenvalue weighted by Crippen LogP contribution is -2.39. The maximum atomic E-state index is 13.0. The highest BCUT2D eigenvalue weighted by molar-refractivity contribution is 5.77. The fourth-order valence-electron chi connectivity index (χ4n) is 6.07. The molecule has 30 heavy (non-hydrogen) atoms. The topological polar surface area (TPSA) is 54.2 Å². The Morgan fingerprint density at radius 2 is 1.70 bits per heavy atom. The molecule has 2 N–H and O–H groups in total. The van der Waals surface area contributed by atoms with E-state index in [-0.39, 0.29) is 11.7 Å². The number of aromatic nitrogens is 2. The van der Waals surface area contributed by atoms with Crippen molar-refractivity contribution in [2.75, 3.05) is 39.3 Å². The van der Waals surface area contributed by atoms with Gasteiger partial charge in [-0.3, -0.25) is 14.0 Å². The van der Waals surface area contributed by atoms with E-state index in [1.165, 1.54) is 57.4 Å². The minimum absolute atomic E-state index is 0.124. The Labute approximate surface area is 179 Å². The van der Waals surface area contributed by atoms with Crippen LogP contribution in [0.2, 0.25) is 0 Å². The quantitative estimate of drug-likeness (QED) is 0.812. The van der Waals surface area contributed by atoms with E-state index in [1.807, 2.05) is 16.2 Å². The Bertz CT molecular complexity index is 912. The highest BCUT2D eigenvalue weighted by Crippen LogP contribution is 2.31. The summed E-state index contributed by atoms with van der Waals surface area (Å²) >= 11 is 0. The van der Waals surface area contributed by atoms with Gasteiger partial charge in [0.1, 0.15) is 0 Å². The van der Waals surface area contributed by atoms with Crippen molar-refractivity contribution in [3.05, 3.63) is 34.2 Å². The van der Waals surface area contributed by atoms with Gasteiger partial charge in [-0.05, 0) is 101 Å². The molecule has 0 bridgehead atoms. The predicted octanol–water partition coefficient (Wildman–Crippen LogP) is 2.48. The first-order valence-corrected chi connectivity index (χ1v) is 12.0. The smallest absolute Gasteiger partial charge is 0.317 e. The van der Waals surface area contributed by atoms with Crippen LogP contribution in [0.4, 0.5) is 0 Å². The molecule has 3 aliphatic rings. The zero-order valence-corrected chi connectivity index (χ0v) is 18.4. The summed E-state index contributed by atoms with van der Waals surface area (Å²) < 4.78 is 3.87. The molecule has 6 heteroatoms. The number of rotatable bonds is 4. The molecule has 164 valence electrons. The van der Waals surface area contributed by atoms with Crippen LogP contribution in [0.3, 0.4) is 0 Å². The van der Waals surface area contributed by atoms with Gasteiger partial charge in [-0.1, -0.05) is 6.07 Å². The van der Waals surface area contributed by atoms with E-state index in [1.54, 1.807) is 0 Å². The summed E-state index contributed by atoms with van der Waals surface area (Å²) in [5.74, 6) is 1.86. The molecule has 3 fully saturated rings. The number of likely N-dealkylation sites (tertiary alicyclic amines) is 1. The minimum Gasteiger partial charge on any atom is -0.317 e. The summed E-state index contributed by atoms with van der Waals surface area (Å²) in [6, 6.07) is 6.95. The first-order valence-electron chi connectivity index (χ1n) is 12.0. The Morgan fingerprint density at radius 1 is 0.933 bits per heavy atom. The number of fused-ring (bicyclic) bond motifs is 1. The van der Waals surface area contributed by atoms with Crippen molar-refractivity contribution in [2.24, 2.45) is 18.9 Å². The van der Waals surface area contributed by atoms with Crippen LogP contribution in [0.25, 0.3) is 11.0 Å². The second-order valence-corrected chi connectivity index (χ2v) is 9.74. The van der Waals surface area contributed by atoms with Gasteiger partial charge < -0.3 is 10.6 Å². The summed E-state index contributed by atoms with van der Waals surface area (Å²) in [5.41, 5.74) is 3.62. The second-order valence-electron chi connectivity index (χ2n) is 9.74. The molecule has 1 unspecified atom stereocenters. The largest absolute Gasteiger partial charge is 0.329 e. The molecule has 0 radical (unpaired) electrons. The molecule has 0 amide bonds. The van der Waals surface area contributed by atoms with Gasteiger partial charge in [-0.15, -0.1) is 0 Å². The van der Waals surface area contributed by atoms with Gasteiger partial charge in [0.2, 0.25) is 0 Å². The predicted molar refractivity (Wildman–Crippen MR) is 122 cm³/mol. The molecular formula is C24H37N5O. The summed E-state index contributed by atoms with van der Waals surface area (Å²) in [6.07, 6.45) is 7.64. The van der Waals surface area contributed by atoms with Gasteiger partial charge in [-0.2, -0.15) is 0 Å². The van der Waals surface area contributed by atoms with Gasteiger partial charge in [0, 0.05) is 20.1 Å². The number of benzene rings is 1. The van der Waals surface area contributed by atoms with Crippen LogP contribution in [0.5, 0.6) is 0 Å². The average molecular weight is 412 g/mol. The van der Waals surface area contributed by atoms with Crippen LogP contribution < -0.4 is 16.3 Å². The third-order valence-electron chi connectivity index (χ3n) is 7.88. The molecule has 1 aromatic heterocycles. The van der Waals surface area contributed by atoms with Crippen LogP contribution in [-0.2, 0) is 13.6 Å². The van der Waals surface area contributed by atoms with Gasteiger partial charge in [0.15, 0.2) is 0 Å². The highest BCUT2D eigenvalue weighted by Gasteiger charge is 2.28. The van der Waals surface area contributed by atoms with E-state index in [0.717, 1.165) is 55.3 Å². The Kier molecular flexibility index (Phi) is 5.98. The fourth-order valence-corrected chi connectivity index (χ4v) is 6.07. The fraction of sp³-hybridized carbons (Fsp3) is 0.708. The van der Waals surface area contributed by atoms with Crippen LogP contribution in [0, 0.1) is 11.8 Å². The lowest BCUT2D eigenvalue weighted by atomic mass is 9.79. The highest BCUT2D eigenvalue weighted by atomic mass is 16.1. The van der Waals surface area contributed by atoms with Crippen LogP contribution in [0.1, 0.15) is 50.1 Å². The molecule has 1 atom stereocenters. The SMILES string of the molecule is Cn1c(=O)n(C2CCCNC2)c2ccc(CN3CCC(C4CCNCC4)CC3)cc21. The molecule has 3 aliphatic heterocycles. The summed E-state index contributed by atoms with van der Waals surface area (Å²) in [5, 5.41) is 6.95. The number of piperidine rings is 3. The van der Waals surface area contributed by atoms with Gasteiger partial charge in [-0.25, -0.2) is 4.79 Å². The maximum Gasteiger partial charge on any atom is 0.329 e. The van der Waals surface area contributed by atoms with Crippen molar-refractivity contribution >= 4 is 11.0 Å². The first kappa shape index (κ1) is 20.3. The molecule has 2 aromatic rings. The minimum atomic E-state index is 0.124. The Hall–Kier alpha value is -1.63. The van der Waals surface area contributed by atoms with E-state index in [9.17, 15) is 4.79 Å². The molecule has 1 aromatic carbocycles. The lowest BCUT2D eigenvalue weighted by Gasteiger charge is -2.37. The molecule has 3 saturated heterocycles. The van der Waals surface area contributed by atoms with Crippen LogP contribution >= 0.6 is 0 Å². The van der Waals surface area contributed by atoms with Crippen molar-refractivity contribution < 1.29 is 0 Å². The number of nitrogens with zero attached hydrogens (tertiary/aromatic N) is 3. The second kappa shape index (κ2) is 8.85. The Balaban J connectivity index is 1.28. The summed E-state index contributed by atoms with van der Waals surface area (Å²) in [7, 11) is 1.92. The van der Waals surface area contributed by atoms with Crippen molar-refractivity contribution in [1.29, 1.82) is 0 Å². The van der Waals surface area contributed by atoms with Crippen molar-refractivity contribution in [1.82, 2.24) is 24.7 Å². The maximum absolute atomic E-state index is 13.0. The first-order chi connectivity index (χ1) is 14.7. The third-order valence-corrected chi connectivity index (χ3v) is 7.88. The van der Waals surface area contributed by atoms with Gasteiger partial charge in [0.05, 0.1) is 17.1 Å². The van der Waals surface area contributed by atoms with Crippen molar-refractivity contribution in [3.63, 3.8) is 0 Å². The summed E-state index contributed by atoms with van der Waals surface area (Å²) in [4.78, 5) is 15.6. The lowest BCUT2D eigenvalue weighted by molar-refractivity contribution is 0.126. The Morgan fingerprint density at radius 3 is 2.43 bits per heavy atom. The van der Waals surface area contributed by atoms with Crippen molar-refractivity contribution in [3.8, 4) is 0 Å². The number of nitrogens with one attached hydrogen (secondary N) is 2. The monoisotopic (exact) mass is 411 g/mol. The molecule has 4 heterocycles. The number of imidazole rings is 1. The zero-order chi connectivity index (χ0) is 20.5. The molecule has 0 spiro atoms. The molecule has 0 saturated carbocycles. The van der Waals surface area contributed by atoms with Crippen LogP contribution in [0.15, 0.2) is 23.0 Å². The van der Waals surface area contributed by atoms with Gasteiger partial charge >= 0.3 is 5.69 Å². The number of aryl methyl sites for hydroxylation is 1. The van der Waals surface area contributed by atoms with E-state index >= 15 is 0 Å². The van der Waals surface area contributed by atoms with E-state index < -0.39 is 0 Å². The molecular weight excluding hydrogens is 374 g/mol. The third kappa shape index (κ3) is 3.97. The number of hydrogen-bond donors (Lipinski definition) is 2. The summed E-state index contributed by atoms with van der Waals surface area (Å²) in [6.45, 7) is 7.79. The van der Waals surface area contributed by atoms with Gasteiger partial charge in [0.25, 0.3) is 0 Å². The van der Waals surface area contributed by atoms with E-state index in [0.29, 0.717) is 0 Å². The number of hydrogen-bond acceptors (Lipinski definition) is 4. The molecule has 5 rings (SSSR count). The molecule has 6 nitrogen and oxygen atoms in total. The van der Waals surface area contributed by atoms with Crippen LogP contribution in [-0.4, -0.2) is 53.3 Å². The standard InChI is InChI=1S/C24H37N5O/c1-27-23-15-18(4-5-22(23)29(24(27)30)21-3-2-10-26-16-21)17-28-13-8-20(9-14-28)19-6-11-25-12-7-19/h4-5,15,19-21,25-26H,2-3,6-14,16-17H2,1H3.